The fourth-order valence-electron chi connectivity index (χ4n) is 1.84. The molecule has 2 rings (SSSR count). The first-order valence-electron chi connectivity index (χ1n) is 6.45. The van der Waals surface area contributed by atoms with Crippen LogP contribution in [0.25, 0.3) is 0 Å². The molecule has 0 aliphatic rings. The molecule has 0 aliphatic carbocycles. The molecule has 1 heterocycles. The molecule has 7 heteroatoms. The van der Waals surface area contributed by atoms with Gasteiger partial charge < -0.3 is 11.1 Å². The highest BCUT2D eigenvalue weighted by atomic mass is 35.5. The van der Waals surface area contributed by atoms with Crippen molar-refractivity contribution in [3.8, 4) is 0 Å². The number of nitrogens with one attached hydrogen (secondary N) is 1. The molecule has 1 aromatic carbocycles. The van der Waals surface area contributed by atoms with Crippen LogP contribution in [0.3, 0.4) is 0 Å². The van der Waals surface area contributed by atoms with E-state index in [2.05, 4.69) is 5.32 Å². The van der Waals surface area contributed by atoms with Crippen molar-refractivity contribution in [2.75, 3.05) is 5.32 Å². The van der Waals surface area contributed by atoms with E-state index in [1.807, 2.05) is 0 Å². The lowest BCUT2D eigenvalue weighted by molar-refractivity contribution is -0.705. The van der Waals surface area contributed by atoms with Crippen LogP contribution in [0.1, 0.15) is 23.3 Å². The Labute approximate surface area is 131 Å². The van der Waals surface area contributed by atoms with Crippen molar-refractivity contribution in [1.82, 2.24) is 0 Å². The van der Waals surface area contributed by atoms with Gasteiger partial charge in [-0.15, -0.1) is 0 Å². The third-order valence-electron chi connectivity index (χ3n) is 3.12. The largest absolute Gasteiger partial charge is 0.365 e. The SMILES string of the molecule is C[C@@H](C(=O)Nc1ccc(F)cc1Cl)[n+]1cccc(C(N)=O)c1. The van der Waals surface area contributed by atoms with Gasteiger partial charge in [0.15, 0.2) is 12.4 Å². The van der Waals surface area contributed by atoms with Crippen molar-refractivity contribution in [2.45, 2.75) is 13.0 Å². The van der Waals surface area contributed by atoms with Crippen LogP contribution in [-0.2, 0) is 4.79 Å². The summed E-state index contributed by atoms with van der Waals surface area (Å²) >= 11 is 5.87. The van der Waals surface area contributed by atoms with Crippen LogP contribution < -0.4 is 15.6 Å². The van der Waals surface area contributed by atoms with Gasteiger partial charge in [-0.05, 0) is 24.3 Å². The first kappa shape index (κ1) is 15.9. The number of rotatable bonds is 4. The van der Waals surface area contributed by atoms with E-state index in [0.29, 0.717) is 11.3 Å². The second-order valence-electron chi connectivity index (χ2n) is 4.69. The maximum Gasteiger partial charge on any atom is 0.293 e. The van der Waals surface area contributed by atoms with Gasteiger partial charge in [-0.2, -0.15) is 4.57 Å². The van der Waals surface area contributed by atoms with Crippen LogP contribution in [-0.4, -0.2) is 11.8 Å². The molecular weight excluding hydrogens is 309 g/mol. The Kier molecular flexibility index (Phi) is 4.72. The number of aromatic nitrogens is 1. The molecule has 22 heavy (non-hydrogen) atoms. The Morgan fingerprint density at radius 3 is 2.73 bits per heavy atom. The van der Waals surface area contributed by atoms with E-state index in [9.17, 15) is 14.0 Å². The predicted octanol–water partition coefficient (Wildman–Crippen LogP) is 2.07. The zero-order valence-corrected chi connectivity index (χ0v) is 12.5. The summed E-state index contributed by atoms with van der Waals surface area (Å²) in [4.78, 5) is 23.4. The summed E-state index contributed by atoms with van der Waals surface area (Å²) in [5.41, 5.74) is 5.82. The minimum atomic E-state index is -0.611. The van der Waals surface area contributed by atoms with E-state index in [1.165, 1.54) is 18.3 Å². The molecule has 1 atom stereocenters. The summed E-state index contributed by atoms with van der Waals surface area (Å²) in [5, 5.41) is 2.72. The van der Waals surface area contributed by atoms with Crippen LogP contribution in [0.4, 0.5) is 10.1 Å². The summed E-state index contributed by atoms with van der Waals surface area (Å²) in [6.45, 7) is 1.65. The predicted molar refractivity (Wildman–Crippen MR) is 79.9 cm³/mol. The molecule has 0 unspecified atom stereocenters. The number of amides is 2. The summed E-state index contributed by atoms with van der Waals surface area (Å²) < 4.78 is 14.5. The normalized spacial score (nSPS) is 11.8. The quantitative estimate of drug-likeness (QED) is 0.845. The number of anilines is 1. The molecule has 5 nitrogen and oxygen atoms in total. The Morgan fingerprint density at radius 2 is 2.09 bits per heavy atom. The van der Waals surface area contributed by atoms with Gasteiger partial charge in [0, 0.05) is 13.0 Å². The topological polar surface area (TPSA) is 76.1 Å². The van der Waals surface area contributed by atoms with Crippen molar-refractivity contribution >= 4 is 29.1 Å². The van der Waals surface area contributed by atoms with E-state index < -0.39 is 17.8 Å². The first-order chi connectivity index (χ1) is 10.4. The molecule has 2 amide bonds. The Hall–Kier alpha value is -2.47. The second-order valence-corrected chi connectivity index (χ2v) is 5.10. The number of primary amides is 1. The van der Waals surface area contributed by atoms with Gasteiger partial charge in [-0.3, -0.25) is 9.59 Å². The molecule has 0 spiro atoms. The summed E-state index contributed by atoms with van der Waals surface area (Å²) in [7, 11) is 0. The van der Waals surface area contributed by atoms with Crippen molar-refractivity contribution in [1.29, 1.82) is 0 Å². The van der Waals surface area contributed by atoms with Crippen molar-refractivity contribution < 1.29 is 18.5 Å². The second kappa shape index (κ2) is 6.53. The molecule has 0 saturated carbocycles. The molecule has 0 saturated heterocycles. The fourth-order valence-corrected chi connectivity index (χ4v) is 2.06. The summed E-state index contributed by atoms with van der Waals surface area (Å²) in [6, 6.07) is 6.26. The molecule has 114 valence electrons. The van der Waals surface area contributed by atoms with Gasteiger partial charge in [0.05, 0.1) is 10.7 Å². The minimum absolute atomic E-state index is 0.108. The van der Waals surface area contributed by atoms with Gasteiger partial charge >= 0.3 is 0 Å². The van der Waals surface area contributed by atoms with Crippen LogP contribution in [0.15, 0.2) is 42.7 Å². The van der Waals surface area contributed by atoms with E-state index in [0.717, 1.165) is 6.07 Å². The number of hydrogen-bond donors (Lipinski definition) is 2. The van der Waals surface area contributed by atoms with Crippen LogP contribution in [0.2, 0.25) is 5.02 Å². The first-order valence-corrected chi connectivity index (χ1v) is 6.83. The number of carbonyl (C=O) groups is 2. The maximum atomic E-state index is 13.0. The molecule has 0 bridgehead atoms. The monoisotopic (exact) mass is 322 g/mol. The third kappa shape index (κ3) is 3.59. The Bertz CT molecular complexity index is 736. The number of nitrogens with two attached hydrogens (primary N) is 1. The van der Waals surface area contributed by atoms with E-state index >= 15 is 0 Å². The number of nitrogens with zero attached hydrogens (tertiary/aromatic N) is 1. The highest BCUT2D eigenvalue weighted by molar-refractivity contribution is 6.33. The van der Waals surface area contributed by atoms with Crippen molar-refractivity contribution in [3.05, 3.63) is 59.1 Å². The molecule has 0 fully saturated rings. The van der Waals surface area contributed by atoms with Gasteiger partial charge in [-0.25, -0.2) is 4.39 Å². The smallest absolute Gasteiger partial charge is 0.293 e. The molecule has 2 aromatic rings. The highest BCUT2D eigenvalue weighted by Gasteiger charge is 2.23. The van der Waals surface area contributed by atoms with E-state index in [4.69, 9.17) is 17.3 Å². The molecule has 3 N–H and O–H groups in total. The third-order valence-corrected chi connectivity index (χ3v) is 3.44. The van der Waals surface area contributed by atoms with Gasteiger partial charge in [-0.1, -0.05) is 11.6 Å². The van der Waals surface area contributed by atoms with Gasteiger partial charge in [0.25, 0.3) is 11.8 Å². The lowest BCUT2D eigenvalue weighted by Gasteiger charge is -2.10. The number of hydrogen-bond acceptors (Lipinski definition) is 2. The molecule has 0 radical (unpaired) electrons. The van der Waals surface area contributed by atoms with Gasteiger partial charge in [0.2, 0.25) is 6.04 Å². The summed E-state index contributed by atoms with van der Waals surface area (Å²) in [5.74, 6) is -1.43. The lowest BCUT2D eigenvalue weighted by atomic mass is 10.2. The molecule has 1 aromatic heterocycles. The maximum absolute atomic E-state index is 13.0. The molecule has 0 aliphatic heterocycles. The van der Waals surface area contributed by atoms with E-state index in [-0.39, 0.29) is 10.9 Å². The van der Waals surface area contributed by atoms with Crippen LogP contribution in [0.5, 0.6) is 0 Å². The average Bonchev–Trinajstić information content (AvgIpc) is 2.49. The Morgan fingerprint density at radius 1 is 1.36 bits per heavy atom. The molecular formula is C15H14ClFN3O2+. The fraction of sp³-hybridized carbons (Fsp3) is 0.133. The minimum Gasteiger partial charge on any atom is -0.365 e. The summed E-state index contributed by atoms with van der Waals surface area (Å²) in [6.07, 6.45) is 3.13. The number of carbonyl (C=O) groups excluding carboxylic acids is 2. The Balaban J connectivity index is 2.18. The standard InChI is InChI=1S/C15H13ClFN3O2/c1-9(20-6-2-3-10(8-20)14(18)21)15(22)19-13-5-4-11(17)7-12(13)16/h2-9H,1H3,(H2-,18,19,21,22)/p+1/t9-/m0/s1. The van der Waals surface area contributed by atoms with Crippen molar-refractivity contribution in [3.63, 3.8) is 0 Å². The number of benzene rings is 1. The highest BCUT2D eigenvalue weighted by Crippen LogP contribution is 2.22. The number of pyridine rings is 1. The number of halogens is 2. The van der Waals surface area contributed by atoms with Gasteiger partial charge in [0.1, 0.15) is 11.4 Å². The van der Waals surface area contributed by atoms with Crippen LogP contribution in [0, 0.1) is 5.82 Å². The van der Waals surface area contributed by atoms with Crippen molar-refractivity contribution in [2.24, 2.45) is 5.73 Å². The average molecular weight is 323 g/mol. The zero-order valence-electron chi connectivity index (χ0n) is 11.7. The lowest BCUT2D eigenvalue weighted by Crippen LogP contribution is -2.44. The van der Waals surface area contributed by atoms with E-state index in [1.54, 1.807) is 29.8 Å². The zero-order chi connectivity index (χ0) is 16.3. The van der Waals surface area contributed by atoms with Crippen LogP contribution >= 0.6 is 11.6 Å².